The Morgan fingerprint density at radius 1 is 1.19 bits per heavy atom. The molecule has 1 aromatic carbocycles. The average molecular weight is 374 g/mol. The van der Waals surface area contributed by atoms with E-state index in [-0.39, 0.29) is 18.4 Å². The molecule has 0 spiro atoms. The van der Waals surface area contributed by atoms with Gasteiger partial charge in [0.2, 0.25) is 10.0 Å². The van der Waals surface area contributed by atoms with Crippen LogP contribution in [0.1, 0.15) is 33.2 Å². The number of ketones is 1. The maximum Gasteiger partial charge on any atom is 0.338 e. The lowest BCUT2D eigenvalue weighted by atomic mass is 10.0. The molecule has 26 heavy (non-hydrogen) atoms. The first-order chi connectivity index (χ1) is 12.3. The highest BCUT2D eigenvalue weighted by Crippen LogP contribution is 2.34. The summed E-state index contributed by atoms with van der Waals surface area (Å²) in [6, 6.07) is 7.65. The van der Waals surface area contributed by atoms with Gasteiger partial charge in [0, 0.05) is 24.0 Å². The quantitative estimate of drug-likeness (QED) is 0.585. The lowest BCUT2D eigenvalue weighted by Gasteiger charge is -2.21. The van der Waals surface area contributed by atoms with E-state index in [9.17, 15) is 18.0 Å². The van der Waals surface area contributed by atoms with Gasteiger partial charge in [0.15, 0.2) is 12.4 Å². The Morgan fingerprint density at radius 3 is 2.54 bits per heavy atom. The van der Waals surface area contributed by atoms with E-state index < -0.39 is 16.0 Å². The molecule has 1 aromatic heterocycles. The van der Waals surface area contributed by atoms with Crippen molar-refractivity contribution in [3.63, 3.8) is 0 Å². The highest BCUT2D eigenvalue weighted by Gasteiger charge is 2.32. The van der Waals surface area contributed by atoms with Crippen LogP contribution in [0, 0.1) is 0 Å². The number of nitrogens with zero attached hydrogens (tertiary/aromatic N) is 2. The van der Waals surface area contributed by atoms with Crippen molar-refractivity contribution in [3.8, 4) is 0 Å². The number of carbonyl (C=O) groups excluding carboxylic acids is 2. The van der Waals surface area contributed by atoms with Crippen molar-refractivity contribution in [2.24, 2.45) is 0 Å². The predicted octanol–water partition coefficient (Wildman–Crippen LogP) is 1.83. The zero-order valence-corrected chi connectivity index (χ0v) is 15.2. The molecule has 1 aliphatic rings. The topological polar surface area (TPSA) is 93.6 Å². The Balaban J connectivity index is 1.72. The van der Waals surface area contributed by atoms with Gasteiger partial charge < -0.3 is 4.74 Å². The van der Waals surface area contributed by atoms with Crippen molar-refractivity contribution in [3.05, 3.63) is 59.4 Å². The molecule has 2 heterocycles. The highest BCUT2D eigenvalue weighted by molar-refractivity contribution is 7.92. The van der Waals surface area contributed by atoms with Crippen molar-refractivity contribution in [2.75, 3.05) is 17.2 Å². The molecular formula is C18H18N2O5S. The van der Waals surface area contributed by atoms with Gasteiger partial charge in [0.25, 0.3) is 0 Å². The number of benzene rings is 1. The third-order valence-electron chi connectivity index (χ3n) is 4.16. The number of fused-ring (bicyclic) bond motifs is 1. The van der Waals surface area contributed by atoms with Gasteiger partial charge >= 0.3 is 5.97 Å². The first-order valence-electron chi connectivity index (χ1n) is 8.00. The van der Waals surface area contributed by atoms with Crippen LogP contribution < -0.4 is 4.31 Å². The van der Waals surface area contributed by atoms with Gasteiger partial charge in [-0.05, 0) is 49.2 Å². The number of hydrogen-bond acceptors (Lipinski definition) is 6. The monoisotopic (exact) mass is 374 g/mol. The molecule has 0 saturated carbocycles. The van der Waals surface area contributed by atoms with E-state index in [1.807, 2.05) is 6.92 Å². The number of sulfonamides is 1. The number of pyridine rings is 1. The second-order valence-electron chi connectivity index (χ2n) is 6.19. The van der Waals surface area contributed by atoms with Gasteiger partial charge in [-0.25, -0.2) is 13.2 Å². The van der Waals surface area contributed by atoms with E-state index in [1.165, 1.54) is 28.8 Å². The molecule has 8 heteroatoms. The summed E-state index contributed by atoms with van der Waals surface area (Å²) < 4.78 is 30.3. The van der Waals surface area contributed by atoms with E-state index in [4.69, 9.17) is 4.74 Å². The molecule has 0 saturated heterocycles. The molecule has 0 unspecified atom stereocenters. The van der Waals surface area contributed by atoms with Crippen molar-refractivity contribution >= 4 is 27.5 Å². The number of hydrogen-bond donors (Lipinski definition) is 0. The summed E-state index contributed by atoms with van der Waals surface area (Å²) in [4.78, 5) is 28.0. The molecule has 0 bridgehead atoms. The van der Waals surface area contributed by atoms with Crippen LogP contribution in [0.2, 0.25) is 0 Å². The van der Waals surface area contributed by atoms with Crippen LogP contribution in [0.3, 0.4) is 0 Å². The van der Waals surface area contributed by atoms with Crippen LogP contribution >= 0.6 is 0 Å². The van der Waals surface area contributed by atoms with Crippen LogP contribution in [0.4, 0.5) is 5.69 Å². The minimum atomic E-state index is -3.38. The van der Waals surface area contributed by atoms with E-state index in [1.54, 1.807) is 18.2 Å². The third-order valence-corrected chi connectivity index (χ3v) is 5.43. The van der Waals surface area contributed by atoms with E-state index >= 15 is 0 Å². The zero-order valence-electron chi connectivity index (χ0n) is 14.4. The summed E-state index contributed by atoms with van der Waals surface area (Å²) >= 11 is 0. The van der Waals surface area contributed by atoms with E-state index in [0.717, 1.165) is 11.8 Å². The predicted molar refractivity (Wildman–Crippen MR) is 95.8 cm³/mol. The Morgan fingerprint density at radius 2 is 1.88 bits per heavy atom. The SMILES string of the molecule is C[C@H]1Cc2cc(C(=O)COC(=O)c3ccncc3)ccc2N1S(C)(=O)=O. The second-order valence-corrected chi connectivity index (χ2v) is 8.05. The molecule has 2 aromatic rings. The third kappa shape index (κ3) is 3.60. The van der Waals surface area contributed by atoms with Gasteiger partial charge in [0.05, 0.1) is 17.5 Å². The fourth-order valence-electron chi connectivity index (χ4n) is 3.07. The fraction of sp³-hybridized carbons (Fsp3) is 0.278. The van der Waals surface area contributed by atoms with Crippen molar-refractivity contribution in [1.82, 2.24) is 4.98 Å². The summed E-state index contributed by atoms with van der Waals surface area (Å²) in [5, 5.41) is 0. The number of aromatic nitrogens is 1. The summed E-state index contributed by atoms with van der Waals surface area (Å²) in [5.74, 6) is -0.945. The second kappa shape index (κ2) is 6.87. The molecule has 7 nitrogen and oxygen atoms in total. The molecule has 0 aliphatic carbocycles. The minimum Gasteiger partial charge on any atom is -0.454 e. The number of anilines is 1. The van der Waals surface area contributed by atoms with Gasteiger partial charge in [-0.3, -0.25) is 14.1 Å². The van der Waals surface area contributed by atoms with E-state index in [2.05, 4.69) is 4.98 Å². The Labute approximate surface area is 151 Å². The molecule has 0 amide bonds. The Kier molecular flexibility index (Phi) is 4.78. The minimum absolute atomic E-state index is 0.199. The first kappa shape index (κ1) is 18.1. The summed E-state index contributed by atoms with van der Waals surface area (Å²) in [6.45, 7) is 1.43. The molecule has 3 rings (SSSR count). The lowest BCUT2D eigenvalue weighted by Crippen LogP contribution is -2.34. The summed E-state index contributed by atoms with van der Waals surface area (Å²) in [5.41, 5.74) is 2.08. The number of carbonyl (C=O) groups is 2. The van der Waals surface area contributed by atoms with Crippen LogP contribution in [0.5, 0.6) is 0 Å². The van der Waals surface area contributed by atoms with Crippen LogP contribution in [0.25, 0.3) is 0 Å². The van der Waals surface area contributed by atoms with Crippen molar-refractivity contribution < 1.29 is 22.7 Å². The standard InChI is InChI=1S/C18H18N2O5S/c1-12-9-15-10-14(3-4-16(15)20(12)26(2,23)24)17(21)11-25-18(22)13-5-7-19-8-6-13/h3-8,10,12H,9,11H2,1-2H3/t12-/m0/s1. The molecule has 136 valence electrons. The van der Waals surface area contributed by atoms with E-state index in [0.29, 0.717) is 23.2 Å². The number of Topliss-reactive ketones (excluding diaryl/α,β-unsaturated/α-hetero) is 1. The highest BCUT2D eigenvalue weighted by atomic mass is 32.2. The Hall–Kier alpha value is -2.74. The van der Waals surface area contributed by atoms with Crippen molar-refractivity contribution in [1.29, 1.82) is 0 Å². The fourth-order valence-corrected chi connectivity index (χ4v) is 4.33. The zero-order chi connectivity index (χ0) is 18.9. The summed E-state index contributed by atoms with van der Waals surface area (Å²) in [6.07, 6.45) is 4.62. The van der Waals surface area contributed by atoms with Gasteiger partial charge in [-0.2, -0.15) is 0 Å². The Bertz CT molecular complexity index is 957. The maximum atomic E-state index is 12.3. The largest absolute Gasteiger partial charge is 0.454 e. The molecule has 0 N–H and O–H groups in total. The smallest absolute Gasteiger partial charge is 0.338 e. The summed E-state index contributed by atoms with van der Waals surface area (Å²) in [7, 11) is -3.38. The van der Waals surface area contributed by atoms with Crippen LogP contribution in [-0.4, -0.2) is 44.1 Å². The average Bonchev–Trinajstić information content (AvgIpc) is 2.95. The number of rotatable bonds is 5. The molecule has 1 atom stereocenters. The normalized spacial score (nSPS) is 16.2. The first-order valence-corrected chi connectivity index (χ1v) is 9.85. The maximum absolute atomic E-state index is 12.3. The van der Waals surface area contributed by atoms with Gasteiger partial charge in [-0.1, -0.05) is 0 Å². The molecule has 0 fully saturated rings. The van der Waals surface area contributed by atoms with Gasteiger partial charge in [-0.15, -0.1) is 0 Å². The lowest BCUT2D eigenvalue weighted by molar-refractivity contribution is 0.0474. The molecule has 0 radical (unpaired) electrons. The molecular weight excluding hydrogens is 356 g/mol. The number of esters is 1. The van der Waals surface area contributed by atoms with Crippen LogP contribution in [0.15, 0.2) is 42.7 Å². The number of ether oxygens (including phenoxy) is 1. The van der Waals surface area contributed by atoms with Crippen LogP contribution in [-0.2, 0) is 21.2 Å². The molecule has 1 aliphatic heterocycles. The van der Waals surface area contributed by atoms with Gasteiger partial charge in [0.1, 0.15) is 0 Å². The van der Waals surface area contributed by atoms with Crippen molar-refractivity contribution in [2.45, 2.75) is 19.4 Å².